The second-order valence-corrected chi connectivity index (χ2v) is 3.99. The molecule has 2 rings (SSSR count). The summed E-state index contributed by atoms with van der Waals surface area (Å²) in [5.41, 5.74) is 1.81. The Balaban J connectivity index is 2.49. The third-order valence-corrected chi connectivity index (χ3v) is 2.64. The first kappa shape index (κ1) is 9.98. The molecule has 1 aromatic carbocycles. The fourth-order valence-electron chi connectivity index (χ4n) is 1.42. The molecule has 4 heteroatoms. The molecular weight excluding hydrogens is 258 g/mol. The predicted molar refractivity (Wildman–Crippen MR) is 60.9 cm³/mol. The number of aromatic amines is 1. The van der Waals surface area contributed by atoms with Gasteiger partial charge in [-0.1, -0.05) is 28.1 Å². The van der Waals surface area contributed by atoms with E-state index in [1.807, 2.05) is 24.3 Å². The Hall–Kier alpha value is -1.55. The van der Waals surface area contributed by atoms with E-state index >= 15 is 0 Å². The van der Waals surface area contributed by atoms with Crippen LogP contribution >= 0.6 is 15.9 Å². The Morgan fingerprint density at radius 1 is 1.20 bits per heavy atom. The van der Waals surface area contributed by atoms with Crippen LogP contribution in [0.2, 0.25) is 0 Å². The van der Waals surface area contributed by atoms with Crippen LogP contribution in [0, 0.1) is 0 Å². The number of carboxylic acid groups (broad SMARTS) is 1. The maximum atomic E-state index is 10.9. The molecule has 0 amide bonds. The first-order valence-electron chi connectivity index (χ1n) is 4.35. The van der Waals surface area contributed by atoms with Crippen LogP contribution in [-0.2, 0) is 0 Å². The Bertz CT molecular complexity index is 488. The van der Waals surface area contributed by atoms with Crippen molar-refractivity contribution < 1.29 is 9.90 Å². The summed E-state index contributed by atoms with van der Waals surface area (Å²) in [5.74, 6) is -0.946. The van der Waals surface area contributed by atoms with E-state index in [1.165, 1.54) is 0 Å². The number of carboxylic acids is 1. The van der Waals surface area contributed by atoms with Crippen LogP contribution in [0.15, 0.2) is 41.0 Å². The minimum absolute atomic E-state index is 0.220. The number of aromatic carboxylic acids is 1. The minimum Gasteiger partial charge on any atom is -0.477 e. The van der Waals surface area contributed by atoms with Gasteiger partial charge in [0.05, 0.1) is 0 Å². The van der Waals surface area contributed by atoms with Crippen molar-refractivity contribution in [3.8, 4) is 11.1 Å². The third-order valence-electron chi connectivity index (χ3n) is 2.12. The lowest BCUT2D eigenvalue weighted by Crippen LogP contribution is -1.98. The van der Waals surface area contributed by atoms with Crippen LogP contribution in [0.5, 0.6) is 0 Å². The van der Waals surface area contributed by atoms with E-state index in [0.717, 1.165) is 10.0 Å². The Morgan fingerprint density at radius 3 is 2.47 bits per heavy atom. The summed E-state index contributed by atoms with van der Waals surface area (Å²) in [7, 11) is 0. The maximum absolute atomic E-state index is 10.9. The highest BCUT2D eigenvalue weighted by Gasteiger charge is 2.11. The first-order chi connectivity index (χ1) is 7.18. The zero-order valence-electron chi connectivity index (χ0n) is 7.70. The summed E-state index contributed by atoms with van der Waals surface area (Å²) in [5, 5.41) is 8.93. The lowest BCUT2D eigenvalue weighted by molar-refractivity contribution is 0.0692. The molecule has 0 fully saturated rings. The van der Waals surface area contributed by atoms with E-state index in [4.69, 9.17) is 5.11 Å². The van der Waals surface area contributed by atoms with E-state index in [1.54, 1.807) is 12.3 Å². The second-order valence-electron chi connectivity index (χ2n) is 3.08. The van der Waals surface area contributed by atoms with Crippen molar-refractivity contribution in [3.63, 3.8) is 0 Å². The molecule has 2 aromatic rings. The van der Waals surface area contributed by atoms with Gasteiger partial charge in [-0.15, -0.1) is 0 Å². The van der Waals surface area contributed by atoms with Gasteiger partial charge in [-0.05, 0) is 23.8 Å². The van der Waals surface area contributed by atoms with E-state index in [9.17, 15) is 4.79 Å². The van der Waals surface area contributed by atoms with Gasteiger partial charge in [0.15, 0.2) is 0 Å². The first-order valence-corrected chi connectivity index (χ1v) is 5.14. The average Bonchev–Trinajstić information content (AvgIpc) is 2.67. The smallest absolute Gasteiger partial charge is 0.352 e. The van der Waals surface area contributed by atoms with E-state index in [0.29, 0.717) is 5.56 Å². The third kappa shape index (κ3) is 1.94. The largest absolute Gasteiger partial charge is 0.477 e. The molecule has 2 N–H and O–H groups in total. The molecule has 0 aliphatic carbocycles. The topological polar surface area (TPSA) is 53.1 Å². The molecular formula is C11H8BrNO2. The molecule has 76 valence electrons. The van der Waals surface area contributed by atoms with Crippen LogP contribution in [0.3, 0.4) is 0 Å². The zero-order chi connectivity index (χ0) is 10.8. The molecule has 15 heavy (non-hydrogen) atoms. The average molecular weight is 266 g/mol. The second kappa shape index (κ2) is 3.90. The van der Waals surface area contributed by atoms with Gasteiger partial charge >= 0.3 is 5.97 Å². The molecule has 1 heterocycles. The molecule has 0 aliphatic heterocycles. The summed E-state index contributed by atoms with van der Waals surface area (Å²) in [6, 6.07) is 9.27. The fourth-order valence-corrected chi connectivity index (χ4v) is 1.68. The number of hydrogen-bond donors (Lipinski definition) is 2. The van der Waals surface area contributed by atoms with E-state index < -0.39 is 5.97 Å². The maximum Gasteiger partial charge on any atom is 0.352 e. The highest BCUT2D eigenvalue weighted by Crippen LogP contribution is 2.24. The molecule has 3 nitrogen and oxygen atoms in total. The number of carbonyl (C=O) groups is 1. The van der Waals surface area contributed by atoms with Crippen LogP contribution in [-0.4, -0.2) is 16.1 Å². The number of aromatic nitrogens is 1. The molecule has 0 radical (unpaired) electrons. The minimum atomic E-state index is -0.946. The van der Waals surface area contributed by atoms with Crippen molar-refractivity contribution >= 4 is 21.9 Å². The van der Waals surface area contributed by atoms with Gasteiger partial charge in [-0.2, -0.15) is 0 Å². The highest BCUT2D eigenvalue weighted by atomic mass is 79.9. The summed E-state index contributed by atoms with van der Waals surface area (Å²) in [4.78, 5) is 13.6. The number of hydrogen-bond acceptors (Lipinski definition) is 1. The van der Waals surface area contributed by atoms with Crippen molar-refractivity contribution in [2.45, 2.75) is 0 Å². The van der Waals surface area contributed by atoms with Crippen LogP contribution in [0.1, 0.15) is 10.5 Å². The summed E-state index contributed by atoms with van der Waals surface area (Å²) in [6.45, 7) is 0. The molecule has 1 aromatic heterocycles. The number of benzene rings is 1. The van der Waals surface area contributed by atoms with Crippen molar-refractivity contribution in [2.75, 3.05) is 0 Å². The molecule has 0 saturated carbocycles. The quantitative estimate of drug-likeness (QED) is 0.877. The molecule has 0 atom stereocenters. The van der Waals surface area contributed by atoms with Crippen molar-refractivity contribution in [3.05, 3.63) is 46.7 Å². The van der Waals surface area contributed by atoms with Gasteiger partial charge in [0, 0.05) is 16.2 Å². The lowest BCUT2D eigenvalue weighted by atomic mass is 10.1. The molecule has 0 spiro atoms. The summed E-state index contributed by atoms with van der Waals surface area (Å²) in [6.07, 6.45) is 1.63. The standard InChI is InChI=1S/C11H8BrNO2/c12-8-3-1-7(2-4-8)9-5-6-13-10(9)11(14)15/h1-6,13H,(H,14,15). The normalized spacial score (nSPS) is 10.2. The lowest BCUT2D eigenvalue weighted by Gasteiger charge is -2.00. The fraction of sp³-hybridized carbons (Fsp3) is 0. The summed E-state index contributed by atoms with van der Waals surface area (Å²) < 4.78 is 0.971. The number of H-pyrrole nitrogens is 1. The van der Waals surface area contributed by atoms with Gasteiger partial charge in [0.25, 0.3) is 0 Å². The Kier molecular flexibility index (Phi) is 2.60. The molecule has 0 aliphatic rings. The van der Waals surface area contributed by atoms with Crippen LogP contribution < -0.4 is 0 Å². The van der Waals surface area contributed by atoms with Gasteiger partial charge in [-0.3, -0.25) is 0 Å². The van der Waals surface area contributed by atoms with Crippen molar-refractivity contribution in [1.29, 1.82) is 0 Å². The van der Waals surface area contributed by atoms with Crippen molar-refractivity contribution in [1.82, 2.24) is 4.98 Å². The van der Waals surface area contributed by atoms with Crippen molar-refractivity contribution in [2.24, 2.45) is 0 Å². The number of nitrogens with one attached hydrogen (secondary N) is 1. The molecule has 0 saturated heterocycles. The summed E-state index contributed by atoms with van der Waals surface area (Å²) >= 11 is 3.33. The van der Waals surface area contributed by atoms with Crippen LogP contribution in [0.25, 0.3) is 11.1 Å². The number of rotatable bonds is 2. The molecule has 0 unspecified atom stereocenters. The molecule has 0 bridgehead atoms. The zero-order valence-corrected chi connectivity index (χ0v) is 9.28. The number of halogens is 1. The Morgan fingerprint density at radius 2 is 1.87 bits per heavy atom. The SMILES string of the molecule is O=C(O)c1[nH]ccc1-c1ccc(Br)cc1. The van der Waals surface area contributed by atoms with Gasteiger partial charge in [-0.25, -0.2) is 4.79 Å². The van der Waals surface area contributed by atoms with E-state index in [-0.39, 0.29) is 5.69 Å². The van der Waals surface area contributed by atoms with Gasteiger partial charge < -0.3 is 10.1 Å². The predicted octanol–water partition coefficient (Wildman–Crippen LogP) is 3.14. The monoisotopic (exact) mass is 265 g/mol. The van der Waals surface area contributed by atoms with Gasteiger partial charge in [0.2, 0.25) is 0 Å². The van der Waals surface area contributed by atoms with E-state index in [2.05, 4.69) is 20.9 Å². The van der Waals surface area contributed by atoms with Crippen LogP contribution in [0.4, 0.5) is 0 Å². The Labute approximate surface area is 94.9 Å². The highest BCUT2D eigenvalue weighted by molar-refractivity contribution is 9.10. The van der Waals surface area contributed by atoms with Gasteiger partial charge in [0.1, 0.15) is 5.69 Å².